The lowest BCUT2D eigenvalue weighted by molar-refractivity contribution is -0.149. The van der Waals surface area contributed by atoms with Crippen molar-refractivity contribution in [3.63, 3.8) is 0 Å². The summed E-state index contributed by atoms with van der Waals surface area (Å²) >= 11 is 0. The van der Waals surface area contributed by atoms with Gasteiger partial charge in [0.1, 0.15) is 12.1 Å². The highest BCUT2D eigenvalue weighted by Crippen LogP contribution is 2.35. The van der Waals surface area contributed by atoms with Gasteiger partial charge in [-0.15, -0.1) is 0 Å². The monoisotopic (exact) mass is 327 g/mol. The van der Waals surface area contributed by atoms with Crippen LogP contribution in [0.1, 0.15) is 36.1 Å². The summed E-state index contributed by atoms with van der Waals surface area (Å²) in [5, 5.41) is 14.1. The van der Waals surface area contributed by atoms with E-state index in [-0.39, 0.29) is 0 Å². The molecule has 2 aromatic rings. The molecular weight excluding hydrogens is 306 g/mol. The summed E-state index contributed by atoms with van der Waals surface area (Å²) in [6.07, 6.45) is 9.37. The molecule has 0 atom stereocenters. The van der Waals surface area contributed by atoms with Crippen LogP contribution in [0.5, 0.6) is 0 Å². The van der Waals surface area contributed by atoms with Crippen LogP contribution in [0.15, 0.2) is 18.7 Å². The van der Waals surface area contributed by atoms with Crippen molar-refractivity contribution in [3.05, 3.63) is 35.5 Å². The van der Waals surface area contributed by atoms with E-state index in [2.05, 4.69) is 20.0 Å². The molecule has 2 aromatic heterocycles. The van der Waals surface area contributed by atoms with E-state index in [9.17, 15) is 9.90 Å². The number of nitrogens with zero attached hydrogens (tertiary/aromatic N) is 5. The first-order valence-electron chi connectivity index (χ1n) is 8.43. The first-order chi connectivity index (χ1) is 11.6. The highest BCUT2D eigenvalue weighted by atomic mass is 16.4. The summed E-state index contributed by atoms with van der Waals surface area (Å²) < 4.78 is 1.63. The van der Waals surface area contributed by atoms with Crippen molar-refractivity contribution in [1.29, 1.82) is 0 Å². The van der Waals surface area contributed by atoms with Crippen molar-refractivity contribution in [1.82, 2.24) is 19.7 Å². The van der Waals surface area contributed by atoms with Crippen LogP contribution in [0.25, 0.3) is 0 Å². The number of aryl methyl sites for hydroxylation is 2. The molecule has 0 unspecified atom stereocenters. The zero-order valence-electron chi connectivity index (χ0n) is 13.8. The Hall–Kier alpha value is -2.44. The van der Waals surface area contributed by atoms with E-state index in [1.807, 2.05) is 13.1 Å². The molecule has 0 aromatic carbocycles. The fraction of sp³-hybridized carbons (Fsp3) is 0.529. The molecule has 0 spiro atoms. The Morgan fingerprint density at radius 2 is 2.04 bits per heavy atom. The quantitative estimate of drug-likeness (QED) is 0.921. The van der Waals surface area contributed by atoms with Crippen molar-refractivity contribution < 1.29 is 9.90 Å². The third-order valence-corrected chi connectivity index (χ3v) is 5.29. The Labute approximate surface area is 140 Å². The number of piperidine rings is 1. The number of rotatable bonds is 3. The highest BCUT2D eigenvalue weighted by Gasteiger charge is 2.44. The number of fused-ring (bicyclic) bond motifs is 1. The first kappa shape index (κ1) is 15.1. The normalized spacial score (nSPS) is 19.3. The SMILES string of the molecule is Cc1cnn(C2(C(=O)O)CCN(c3ncnc4c3CCC4)CC2)c1. The summed E-state index contributed by atoms with van der Waals surface area (Å²) in [7, 11) is 0. The van der Waals surface area contributed by atoms with Gasteiger partial charge in [0.25, 0.3) is 0 Å². The van der Waals surface area contributed by atoms with E-state index in [1.165, 1.54) is 5.56 Å². The van der Waals surface area contributed by atoms with Crippen LogP contribution in [0.2, 0.25) is 0 Å². The van der Waals surface area contributed by atoms with Gasteiger partial charge in [0.05, 0.1) is 6.20 Å². The molecule has 4 rings (SSSR count). The number of carboxylic acids is 1. The van der Waals surface area contributed by atoms with Gasteiger partial charge in [0, 0.05) is 43.4 Å². The number of aromatic nitrogens is 4. The van der Waals surface area contributed by atoms with E-state index in [0.717, 1.165) is 36.3 Å². The molecule has 24 heavy (non-hydrogen) atoms. The molecule has 7 nitrogen and oxygen atoms in total. The molecule has 1 fully saturated rings. The lowest BCUT2D eigenvalue weighted by atomic mass is 9.87. The fourth-order valence-corrected chi connectivity index (χ4v) is 3.89. The lowest BCUT2D eigenvalue weighted by Gasteiger charge is -2.39. The lowest BCUT2D eigenvalue weighted by Crippen LogP contribution is -2.51. The Kier molecular flexibility index (Phi) is 3.51. The van der Waals surface area contributed by atoms with Crippen molar-refractivity contribution in [2.45, 2.75) is 44.6 Å². The predicted octanol–water partition coefficient (Wildman–Crippen LogP) is 1.55. The van der Waals surface area contributed by atoms with Gasteiger partial charge in [-0.3, -0.25) is 4.68 Å². The maximum Gasteiger partial charge on any atom is 0.331 e. The number of carboxylic acid groups (broad SMARTS) is 1. The number of hydrogen-bond donors (Lipinski definition) is 1. The minimum atomic E-state index is -0.957. The van der Waals surface area contributed by atoms with Crippen LogP contribution >= 0.6 is 0 Å². The molecule has 1 N–H and O–H groups in total. The van der Waals surface area contributed by atoms with Gasteiger partial charge < -0.3 is 10.0 Å². The second-order valence-corrected chi connectivity index (χ2v) is 6.76. The minimum absolute atomic E-state index is 0.516. The summed E-state index contributed by atoms with van der Waals surface area (Å²) in [6, 6.07) is 0. The largest absolute Gasteiger partial charge is 0.479 e. The summed E-state index contributed by atoms with van der Waals surface area (Å²) in [4.78, 5) is 23.1. The van der Waals surface area contributed by atoms with Gasteiger partial charge in [0.2, 0.25) is 0 Å². The number of anilines is 1. The Morgan fingerprint density at radius 1 is 1.25 bits per heavy atom. The molecule has 3 heterocycles. The maximum atomic E-state index is 12.0. The number of hydrogen-bond acceptors (Lipinski definition) is 5. The summed E-state index contributed by atoms with van der Waals surface area (Å²) in [5.74, 6) is 0.186. The molecule has 0 amide bonds. The molecule has 7 heteroatoms. The minimum Gasteiger partial charge on any atom is -0.479 e. The van der Waals surface area contributed by atoms with E-state index < -0.39 is 11.5 Å². The van der Waals surface area contributed by atoms with Crippen LogP contribution in [0, 0.1) is 6.92 Å². The molecular formula is C17H21N5O2. The van der Waals surface area contributed by atoms with E-state index in [0.29, 0.717) is 25.9 Å². The molecule has 0 saturated carbocycles. The molecule has 2 aliphatic rings. The predicted molar refractivity (Wildman–Crippen MR) is 88.1 cm³/mol. The van der Waals surface area contributed by atoms with E-state index in [1.54, 1.807) is 17.2 Å². The fourth-order valence-electron chi connectivity index (χ4n) is 3.89. The Morgan fingerprint density at radius 3 is 2.71 bits per heavy atom. The summed E-state index contributed by atoms with van der Waals surface area (Å²) in [5.41, 5.74) is 2.42. The molecule has 0 bridgehead atoms. The average molecular weight is 327 g/mol. The second kappa shape index (κ2) is 5.58. The van der Waals surface area contributed by atoms with Crippen LogP contribution in [-0.4, -0.2) is 43.9 Å². The standard InChI is InChI=1S/C17H21N5O2/c1-12-9-20-22(10-12)17(16(23)24)5-7-21(8-6-17)15-13-3-2-4-14(13)18-11-19-15/h9-11H,2-8H2,1H3,(H,23,24). The highest BCUT2D eigenvalue weighted by molar-refractivity contribution is 5.77. The van der Waals surface area contributed by atoms with Crippen molar-refractivity contribution >= 4 is 11.8 Å². The van der Waals surface area contributed by atoms with Crippen molar-refractivity contribution in [3.8, 4) is 0 Å². The van der Waals surface area contributed by atoms with E-state index in [4.69, 9.17) is 0 Å². The number of aliphatic carboxylic acids is 1. The van der Waals surface area contributed by atoms with Crippen LogP contribution in [-0.2, 0) is 23.2 Å². The van der Waals surface area contributed by atoms with E-state index >= 15 is 0 Å². The third-order valence-electron chi connectivity index (χ3n) is 5.29. The molecule has 1 aliphatic heterocycles. The van der Waals surface area contributed by atoms with Gasteiger partial charge in [-0.1, -0.05) is 0 Å². The van der Waals surface area contributed by atoms with Gasteiger partial charge in [0.15, 0.2) is 5.54 Å². The van der Waals surface area contributed by atoms with Crippen LogP contribution in [0.4, 0.5) is 5.82 Å². The Bertz CT molecular complexity index is 777. The smallest absolute Gasteiger partial charge is 0.331 e. The second-order valence-electron chi connectivity index (χ2n) is 6.76. The van der Waals surface area contributed by atoms with Crippen molar-refractivity contribution in [2.24, 2.45) is 0 Å². The van der Waals surface area contributed by atoms with Gasteiger partial charge in [-0.2, -0.15) is 5.10 Å². The molecule has 0 radical (unpaired) electrons. The zero-order chi connectivity index (χ0) is 16.7. The average Bonchev–Trinajstić information content (AvgIpc) is 3.23. The van der Waals surface area contributed by atoms with Gasteiger partial charge in [-0.05, 0) is 31.7 Å². The van der Waals surface area contributed by atoms with Gasteiger partial charge >= 0.3 is 5.97 Å². The molecule has 126 valence electrons. The molecule has 1 saturated heterocycles. The van der Waals surface area contributed by atoms with Crippen molar-refractivity contribution in [2.75, 3.05) is 18.0 Å². The molecule has 1 aliphatic carbocycles. The third kappa shape index (κ3) is 2.26. The Balaban J connectivity index is 1.60. The topological polar surface area (TPSA) is 84.1 Å². The first-order valence-corrected chi connectivity index (χ1v) is 8.43. The van der Waals surface area contributed by atoms with Crippen LogP contribution in [0.3, 0.4) is 0 Å². The number of carbonyl (C=O) groups is 1. The van der Waals surface area contributed by atoms with Gasteiger partial charge in [-0.25, -0.2) is 14.8 Å². The summed E-state index contributed by atoms with van der Waals surface area (Å²) in [6.45, 7) is 3.25. The van der Waals surface area contributed by atoms with Crippen LogP contribution < -0.4 is 4.90 Å². The zero-order valence-corrected chi connectivity index (χ0v) is 13.8. The maximum absolute atomic E-state index is 12.0.